The van der Waals surface area contributed by atoms with Crippen LogP contribution in [0.4, 0.5) is 5.69 Å². The third-order valence-corrected chi connectivity index (χ3v) is 6.77. The molecule has 6 nitrogen and oxygen atoms in total. The molecule has 2 amide bonds. The number of nitrogens with zero attached hydrogens (tertiary/aromatic N) is 2. The highest BCUT2D eigenvalue weighted by Gasteiger charge is 2.51. The summed E-state index contributed by atoms with van der Waals surface area (Å²) in [5.74, 6) is -1.40. The van der Waals surface area contributed by atoms with Crippen molar-refractivity contribution < 1.29 is 9.59 Å². The molecular weight excluding hydrogens is 440 g/mol. The van der Waals surface area contributed by atoms with Gasteiger partial charge in [-0.1, -0.05) is 47.0 Å². The first-order valence-corrected chi connectivity index (χ1v) is 10.8. The highest BCUT2D eigenvalue weighted by Crippen LogP contribution is 2.51. The zero-order chi connectivity index (χ0) is 20.1. The molecule has 1 aliphatic carbocycles. The number of halogens is 1. The second kappa shape index (κ2) is 8.81. The second-order valence-electron chi connectivity index (χ2n) is 6.93. The Kier molecular flexibility index (Phi) is 6.43. The van der Waals surface area contributed by atoms with Gasteiger partial charge < -0.3 is 10.6 Å². The molecule has 3 rings (SSSR count). The molecule has 2 aliphatic rings. The van der Waals surface area contributed by atoms with E-state index in [9.17, 15) is 20.1 Å². The number of nitrogens with one attached hydrogen (secondary N) is 2. The molecule has 8 heteroatoms. The molecular formula is C20H19BrN4O2S. The molecule has 2 N–H and O–H groups in total. The molecule has 1 spiro atoms. The van der Waals surface area contributed by atoms with E-state index in [0.717, 1.165) is 35.5 Å². The van der Waals surface area contributed by atoms with Crippen LogP contribution in [0.5, 0.6) is 0 Å². The van der Waals surface area contributed by atoms with Crippen molar-refractivity contribution in [3.63, 3.8) is 0 Å². The van der Waals surface area contributed by atoms with E-state index in [-0.39, 0.29) is 17.6 Å². The third kappa shape index (κ3) is 4.09. The van der Waals surface area contributed by atoms with Gasteiger partial charge in [0.15, 0.2) is 0 Å². The van der Waals surface area contributed by atoms with Crippen molar-refractivity contribution in [1.29, 1.82) is 10.5 Å². The van der Waals surface area contributed by atoms with E-state index in [2.05, 4.69) is 38.7 Å². The lowest BCUT2D eigenvalue weighted by molar-refractivity contribution is -0.126. The number of amides is 2. The Morgan fingerprint density at radius 3 is 2.54 bits per heavy atom. The first-order chi connectivity index (χ1) is 13.5. The summed E-state index contributed by atoms with van der Waals surface area (Å²) in [6.45, 7) is 0. The molecule has 0 aromatic heterocycles. The number of carbonyl (C=O) groups is 2. The normalized spacial score (nSPS) is 20.8. The maximum Gasteiger partial charge on any atom is 0.243 e. The fourth-order valence-corrected chi connectivity index (χ4v) is 5.09. The average Bonchev–Trinajstić information content (AvgIpc) is 2.69. The molecule has 1 atom stereocenters. The number of carbonyl (C=O) groups excluding carboxylic acids is 2. The Morgan fingerprint density at radius 2 is 1.93 bits per heavy atom. The van der Waals surface area contributed by atoms with Gasteiger partial charge in [-0.15, -0.1) is 0 Å². The minimum atomic E-state index is -0.858. The van der Waals surface area contributed by atoms with Gasteiger partial charge in [-0.05, 0) is 37.1 Å². The summed E-state index contributed by atoms with van der Waals surface area (Å²) in [6, 6.07) is 11.6. The van der Waals surface area contributed by atoms with Gasteiger partial charge in [0.1, 0.15) is 5.92 Å². The SMILES string of the molecule is N#CC1=C(SCC(=O)Nc2ccc(Br)cc2)NC(=O)[C@H](C#N)C12CCCCC2. The molecule has 28 heavy (non-hydrogen) atoms. The molecule has 1 aromatic carbocycles. The summed E-state index contributed by atoms with van der Waals surface area (Å²) in [4.78, 5) is 24.8. The van der Waals surface area contributed by atoms with Gasteiger partial charge in [0, 0.05) is 15.6 Å². The summed E-state index contributed by atoms with van der Waals surface area (Å²) in [5.41, 5.74) is 0.387. The van der Waals surface area contributed by atoms with Crippen molar-refractivity contribution in [2.45, 2.75) is 32.1 Å². The first kappa shape index (κ1) is 20.4. The van der Waals surface area contributed by atoms with Crippen molar-refractivity contribution in [3.05, 3.63) is 39.3 Å². The summed E-state index contributed by atoms with van der Waals surface area (Å²) in [6.07, 6.45) is 4.11. The van der Waals surface area contributed by atoms with Crippen molar-refractivity contribution in [2.24, 2.45) is 11.3 Å². The minimum absolute atomic E-state index is 0.0597. The smallest absolute Gasteiger partial charge is 0.243 e. The number of hydrogen-bond acceptors (Lipinski definition) is 5. The Labute approximate surface area is 176 Å². The lowest BCUT2D eigenvalue weighted by Crippen LogP contribution is -2.48. The number of allylic oxidation sites excluding steroid dienone is 1. The van der Waals surface area contributed by atoms with E-state index in [0.29, 0.717) is 29.1 Å². The van der Waals surface area contributed by atoms with E-state index in [1.165, 1.54) is 0 Å². The second-order valence-corrected chi connectivity index (χ2v) is 8.83. The largest absolute Gasteiger partial charge is 0.325 e. The van der Waals surface area contributed by atoms with E-state index < -0.39 is 11.3 Å². The van der Waals surface area contributed by atoms with E-state index in [1.54, 1.807) is 12.1 Å². The van der Waals surface area contributed by atoms with Crippen LogP contribution in [0.15, 0.2) is 39.3 Å². The molecule has 0 unspecified atom stereocenters. The van der Waals surface area contributed by atoms with Gasteiger partial charge >= 0.3 is 0 Å². The molecule has 1 aromatic rings. The van der Waals surface area contributed by atoms with Crippen LogP contribution in [0, 0.1) is 34.0 Å². The predicted molar refractivity (Wildman–Crippen MR) is 111 cm³/mol. The van der Waals surface area contributed by atoms with Gasteiger partial charge in [-0.2, -0.15) is 10.5 Å². The first-order valence-electron chi connectivity index (χ1n) is 9.04. The van der Waals surface area contributed by atoms with Gasteiger partial charge in [0.25, 0.3) is 0 Å². The fraction of sp³-hybridized carbons (Fsp3) is 0.400. The van der Waals surface area contributed by atoms with Crippen LogP contribution in [0.25, 0.3) is 0 Å². The van der Waals surface area contributed by atoms with Crippen molar-refractivity contribution in [1.82, 2.24) is 5.32 Å². The molecule has 1 saturated carbocycles. The van der Waals surface area contributed by atoms with Crippen LogP contribution < -0.4 is 10.6 Å². The van der Waals surface area contributed by atoms with Gasteiger partial charge in [-0.25, -0.2) is 0 Å². The van der Waals surface area contributed by atoms with Gasteiger partial charge in [0.05, 0.1) is 28.5 Å². The zero-order valence-electron chi connectivity index (χ0n) is 15.1. The van der Waals surface area contributed by atoms with E-state index in [4.69, 9.17) is 0 Å². The van der Waals surface area contributed by atoms with Crippen LogP contribution in [-0.4, -0.2) is 17.6 Å². The molecule has 1 aliphatic heterocycles. The van der Waals surface area contributed by atoms with Gasteiger partial charge in [0.2, 0.25) is 11.8 Å². The third-order valence-electron chi connectivity index (χ3n) is 5.24. The summed E-state index contributed by atoms with van der Waals surface area (Å²) >= 11 is 4.48. The molecule has 0 radical (unpaired) electrons. The van der Waals surface area contributed by atoms with E-state index in [1.807, 2.05) is 12.1 Å². The summed E-state index contributed by atoms with van der Waals surface area (Å²) in [5, 5.41) is 25.3. The highest BCUT2D eigenvalue weighted by molar-refractivity contribution is 9.10. The fourth-order valence-electron chi connectivity index (χ4n) is 3.91. The Hall–Kier alpha value is -2.29. The Bertz CT molecular complexity index is 892. The number of benzene rings is 1. The summed E-state index contributed by atoms with van der Waals surface area (Å²) in [7, 11) is 0. The maximum atomic E-state index is 12.5. The number of thioether (sulfide) groups is 1. The molecule has 144 valence electrons. The maximum absolute atomic E-state index is 12.5. The molecule has 0 saturated heterocycles. The monoisotopic (exact) mass is 458 g/mol. The summed E-state index contributed by atoms with van der Waals surface area (Å²) < 4.78 is 0.915. The van der Waals surface area contributed by atoms with Crippen LogP contribution in [0.3, 0.4) is 0 Å². The number of rotatable bonds is 4. The van der Waals surface area contributed by atoms with Crippen molar-refractivity contribution >= 4 is 45.2 Å². The zero-order valence-corrected chi connectivity index (χ0v) is 17.5. The predicted octanol–water partition coefficient (Wildman–Crippen LogP) is 4.08. The number of nitriles is 2. The number of anilines is 1. The molecule has 1 heterocycles. The van der Waals surface area contributed by atoms with Crippen LogP contribution in [-0.2, 0) is 9.59 Å². The quantitative estimate of drug-likeness (QED) is 0.706. The van der Waals surface area contributed by atoms with Crippen LogP contribution >= 0.6 is 27.7 Å². The van der Waals surface area contributed by atoms with E-state index >= 15 is 0 Å². The Morgan fingerprint density at radius 1 is 1.25 bits per heavy atom. The Balaban J connectivity index is 1.78. The lowest BCUT2D eigenvalue weighted by atomic mass is 9.61. The minimum Gasteiger partial charge on any atom is -0.325 e. The van der Waals surface area contributed by atoms with Crippen LogP contribution in [0.2, 0.25) is 0 Å². The molecule has 0 bridgehead atoms. The van der Waals surface area contributed by atoms with Crippen LogP contribution in [0.1, 0.15) is 32.1 Å². The number of hydrogen-bond donors (Lipinski definition) is 2. The standard InChI is InChI=1S/C20H19BrN4O2S/c21-13-4-6-14(7-5-13)24-17(26)12-28-19-16(11-23)20(8-2-1-3-9-20)15(10-22)18(27)25-19/h4-7,15H,1-3,8-9,12H2,(H,24,26)(H,25,27)/t15-/m0/s1. The molecule has 1 fully saturated rings. The average molecular weight is 459 g/mol. The van der Waals surface area contributed by atoms with Crippen molar-refractivity contribution in [3.8, 4) is 12.1 Å². The topological polar surface area (TPSA) is 106 Å². The van der Waals surface area contributed by atoms with Crippen molar-refractivity contribution in [2.75, 3.05) is 11.1 Å². The highest BCUT2D eigenvalue weighted by atomic mass is 79.9. The lowest BCUT2D eigenvalue weighted by Gasteiger charge is -2.43. The van der Waals surface area contributed by atoms with Gasteiger partial charge in [-0.3, -0.25) is 9.59 Å².